The van der Waals surface area contributed by atoms with E-state index in [4.69, 9.17) is 15.9 Å². The predicted molar refractivity (Wildman–Crippen MR) is 60.9 cm³/mol. The van der Waals surface area contributed by atoms with Crippen molar-refractivity contribution in [2.24, 2.45) is 5.73 Å². The molecule has 6 heteroatoms. The molecule has 0 atom stereocenters. The highest BCUT2D eigenvalue weighted by Crippen LogP contribution is 2.08. The molecule has 0 spiro atoms. The summed E-state index contributed by atoms with van der Waals surface area (Å²) in [6.07, 6.45) is 1.44. The SMILES string of the molecule is N=C(N)n1ccc(OC(=O)c2ccccc2)n1. The van der Waals surface area contributed by atoms with Gasteiger partial charge >= 0.3 is 5.97 Å². The molecule has 0 amide bonds. The molecule has 0 aliphatic heterocycles. The molecule has 1 aromatic carbocycles. The summed E-state index contributed by atoms with van der Waals surface area (Å²) in [4.78, 5) is 11.6. The van der Waals surface area contributed by atoms with E-state index in [1.54, 1.807) is 30.3 Å². The number of hydrogen-bond acceptors (Lipinski definition) is 4. The maximum absolute atomic E-state index is 11.6. The number of nitrogens with zero attached hydrogens (tertiary/aromatic N) is 2. The van der Waals surface area contributed by atoms with Crippen LogP contribution in [0.1, 0.15) is 10.4 Å². The van der Waals surface area contributed by atoms with Crippen LogP contribution in [-0.2, 0) is 0 Å². The molecule has 0 aliphatic rings. The zero-order valence-electron chi connectivity index (χ0n) is 8.83. The second-order valence-electron chi connectivity index (χ2n) is 3.24. The molecule has 0 fully saturated rings. The number of nitrogens with two attached hydrogens (primary N) is 1. The van der Waals surface area contributed by atoms with Crippen LogP contribution in [0.3, 0.4) is 0 Å². The Hall–Kier alpha value is -2.63. The maximum atomic E-state index is 11.6. The van der Waals surface area contributed by atoms with Gasteiger partial charge in [-0.05, 0) is 12.1 Å². The Morgan fingerprint density at radius 3 is 2.59 bits per heavy atom. The van der Waals surface area contributed by atoms with Gasteiger partial charge in [-0.2, -0.15) is 0 Å². The van der Waals surface area contributed by atoms with E-state index in [9.17, 15) is 4.79 Å². The largest absolute Gasteiger partial charge is 0.402 e. The fourth-order valence-corrected chi connectivity index (χ4v) is 1.22. The van der Waals surface area contributed by atoms with Gasteiger partial charge in [-0.15, -0.1) is 5.10 Å². The molecule has 86 valence electrons. The molecular formula is C11H10N4O2. The summed E-state index contributed by atoms with van der Waals surface area (Å²) in [5.74, 6) is -0.638. The minimum atomic E-state index is -0.501. The summed E-state index contributed by atoms with van der Waals surface area (Å²) in [5, 5.41) is 10.9. The molecular weight excluding hydrogens is 220 g/mol. The first-order chi connectivity index (χ1) is 8.16. The fraction of sp³-hybridized carbons (Fsp3) is 0. The van der Waals surface area contributed by atoms with Crippen LogP contribution in [0.4, 0.5) is 0 Å². The molecule has 2 aromatic rings. The molecule has 1 aromatic heterocycles. The minimum Gasteiger partial charge on any atom is -0.402 e. The maximum Gasteiger partial charge on any atom is 0.344 e. The van der Waals surface area contributed by atoms with Gasteiger partial charge < -0.3 is 10.5 Å². The molecule has 0 bridgehead atoms. The standard InChI is InChI=1S/C11H10N4O2/c12-11(13)15-7-6-9(14-15)17-10(16)8-4-2-1-3-5-8/h1-7H,(H3,12,13). The summed E-state index contributed by atoms with van der Waals surface area (Å²) in [7, 11) is 0. The monoisotopic (exact) mass is 230 g/mol. The zero-order chi connectivity index (χ0) is 12.3. The smallest absolute Gasteiger partial charge is 0.344 e. The number of nitrogen functional groups attached to an aromatic ring is 1. The molecule has 17 heavy (non-hydrogen) atoms. The fourth-order valence-electron chi connectivity index (χ4n) is 1.22. The van der Waals surface area contributed by atoms with E-state index in [-0.39, 0.29) is 11.8 Å². The zero-order valence-corrected chi connectivity index (χ0v) is 8.83. The molecule has 0 saturated heterocycles. The van der Waals surface area contributed by atoms with Crippen molar-refractivity contribution in [3.63, 3.8) is 0 Å². The van der Waals surface area contributed by atoms with E-state index in [1.165, 1.54) is 12.3 Å². The van der Waals surface area contributed by atoms with Gasteiger partial charge in [-0.3, -0.25) is 5.41 Å². The first-order valence-electron chi connectivity index (χ1n) is 4.84. The van der Waals surface area contributed by atoms with E-state index >= 15 is 0 Å². The molecule has 0 radical (unpaired) electrons. The lowest BCUT2D eigenvalue weighted by Gasteiger charge is -2.00. The van der Waals surface area contributed by atoms with Crippen molar-refractivity contribution in [3.05, 3.63) is 48.2 Å². The minimum absolute atomic E-state index is 0.106. The second kappa shape index (κ2) is 4.48. The Balaban J connectivity index is 2.11. The summed E-state index contributed by atoms with van der Waals surface area (Å²) < 4.78 is 6.11. The summed E-state index contributed by atoms with van der Waals surface area (Å²) in [5.41, 5.74) is 5.65. The highest BCUT2D eigenvalue weighted by atomic mass is 16.5. The number of ether oxygens (including phenoxy) is 1. The number of rotatable bonds is 2. The van der Waals surface area contributed by atoms with E-state index in [0.29, 0.717) is 5.56 Å². The Morgan fingerprint density at radius 1 is 1.29 bits per heavy atom. The van der Waals surface area contributed by atoms with Crippen LogP contribution in [0.25, 0.3) is 0 Å². The molecule has 6 nitrogen and oxygen atoms in total. The molecule has 0 aliphatic carbocycles. The Bertz CT molecular complexity index is 548. The number of benzene rings is 1. The quantitative estimate of drug-likeness (QED) is 0.454. The Labute approximate surface area is 97.1 Å². The third-order valence-corrected chi connectivity index (χ3v) is 2.02. The van der Waals surface area contributed by atoms with Gasteiger partial charge in [0.25, 0.3) is 0 Å². The van der Waals surface area contributed by atoms with Gasteiger partial charge in [-0.1, -0.05) is 18.2 Å². The van der Waals surface area contributed by atoms with Crippen LogP contribution in [-0.4, -0.2) is 21.7 Å². The summed E-state index contributed by atoms with van der Waals surface area (Å²) in [6.45, 7) is 0. The predicted octanol–water partition coefficient (Wildman–Crippen LogP) is 0.844. The van der Waals surface area contributed by atoms with Gasteiger partial charge in [-0.25, -0.2) is 9.48 Å². The van der Waals surface area contributed by atoms with Crippen molar-refractivity contribution < 1.29 is 9.53 Å². The van der Waals surface area contributed by atoms with Crippen molar-refractivity contribution in [1.82, 2.24) is 9.78 Å². The molecule has 0 unspecified atom stereocenters. The van der Waals surface area contributed by atoms with Crippen LogP contribution < -0.4 is 10.5 Å². The third kappa shape index (κ3) is 2.49. The van der Waals surface area contributed by atoms with Crippen molar-refractivity contribution in [2.75, 3.05) is 0 Å². The number of carbonyl (C=O) groups excluding carboxylic acids is 1. The van der Waals surface area contributed by atoms with Crippen LogP contribution in [0.2, 0.25) is 0 Å². The second-order valence-corrected chi connectivity index (χ2v) is 3.24. The average molecular weight is 230 g/mol. The summed E-state index contributed by atoms with van der Waals surface area (Å²) in [6, 6.07) is 10.0. The lowest BCUT2D eigenvalue weighted by molar-refractivity contribution is 0.0727. The van der Waals surface area contributed by atoms with Crippen molar-refractivity contribution in [1.29, 1.82) is 5.41 Å². The van der Waals surface area contributed by atoms with Crippen LogP contribution in [0.5, 0.6) is 5.88 Å². The van der Waals surface area contributed by atoms with Crippen LogP contribution in [0.15, 0.2) is 42.6 Å². The Morgan fingerprint density at radius 2 is 2.00 bits per heavy atom. The third-order valence-electron chi connectivity index (χ3n) is 2.02. The van der Waals surface area contributed by atoms with Gasteiger partial charge in [0.1, 0.15) is 0 Å². The van der Waals surface area contributed by atoms with E-state index in [1.807, 2.05) is 0 Å². The number of aromatic nitrogens is 2. The average Bonchev–Trinajstić information content (AvgIpc) is 2.79. The number of esters is 1. The van der Waals surface area contributed by atoms with Crippen molar-refractivity contribution >= 4 is 11.9 Å². The molecule has 0 saturated carbocycles. The highest BCUT2D eigenvalue weighted by Gasteiger charge is 2.10. The normalized spacial score (nSPS) is 9.88. The first kappa shape index (κ1) is 10.9. The van der Waals surface area contributed by atoms with E-state index < -0.39 is 5.97 Å². The number of carbonyl (C=O) groups is 1. The van der Waals surface area contributed by atoms with Crippen molar-refractivity contribution in [2.45, 2.75) is 0 Å². The first-order valence-corrected chi connectivity index (χ1v) is 4.84. The van der Waals surface area contributed by atoms with Crippen LogP contribution >= 0.6 is 0 Å². The molecule has 3 N–H and O–H groups in total. The number of hydrogen-bond donors (Lipinski definition) is 2. The Kier molecular flexibility index (Phi) is 2.87. The molecule has 2 rings (SSSR count). The van der Waals surface area contributed by atoms with E-state index in [2.05, 4.69) is 5.10 Å². The van der Waals surface area contributed by atoms with Gasteiger partial charge in [0.15, 0.2) is 0 Å². The van der Waals surface area contributed by atoms with Gasteiger partial charge in [0, 0.05) is 12.3 Å². The van der Waals surface area contributed by atoms with Gasteiger partial charge in [0.05, 0.1) is 5.56 Å². The van der Waals surface area contributed by atoms with Gasteiger partial charge in [0.2, 0.25) is 11.8 Å². The van der Waals surface area contributed by atoms with Crippen LogP contribution in [0, 0.1) is 5.41 Å². The molecule has 1 heterocycles. The summed E-state index contributed by atoms with van der Waals surface area (Å²) >= 11 is 0. The topological polar surface area (TPSA) is 94.0 Å². The lowest BCUT2D eigenvalue weighted by Crippen LogP contribution is -2.21. The lowest BCUT2D eigenvalue weighted by atomic mass is 10.2. The highest BCUT2D eigenvalue weighted by molar-refractivity contribution is 5.90. The van der Waals surface area contributed by atoms with E-state index in [0.717, 1.165) is 4.68 Å². The number of nitrogens with one attached hydrogen (secondary N) is 1. The van der Waals surface area contributed by atoms with Crippen molar-refractivity contribution in [3.8, 4) is 5.88 Å².